The van der Waals surface area contributed by atoms with Gasteiger partial charge >= 0.3 is 0 Å². The minimum atomic E-state index is -3.34. The fourth-order valence-electron chi connectivity index (χ4n) is 3.65. The first-order valence-electron chi connectivity index (χ1n) is 9.83. The van der Waals surface area contributed by atoms with Crippen molar-refractivity contribution in [2.45, 2.75) is 44.2 Å². The van der Waals surface area contributed by atoms with Gasteiger partial charge in [0.15, 0.2) is 9.84 Å². The van der Waals surface area contributed by atoms with Gasteiger partial charge in [0.25, 0.3) is 5.91 Å². The van der Waals surface area contributed by atoms with Crippen LogP contribution < -0.4 is 10.2 Å². The Labute approximate surface area is 167 Å². The molecular weight excluding hydrogens is 372 g/mol. The Morgan fingerprint density at radius 3 is 2.29 bits per heavy atom. The number of amides is 1. The molecule has 6 heteroatoms. The predicted molar refractivity (Wildman–Crippen MR) is 110 cm³/mol. The van der Waals surface area contributed by atoms with Gasteiger partial charge in [0, 0.05) is 23.9 Å². The Bertz CT molecular complexity index is 931. The van der Waals surface area contributed by atoms with Gasteiger partial charge in [-0.2, -0.15) is 0 Å². The molecule has 2 N–H and O–H groups in total. The van der Waals surface area contributed by atoms with Crippen LogP contribution in [0, 0.1) is 6.92 Å². The van der Waals surface area contributed by atoms with E-state index in [4.69, 9.17) is 0 Å². The summed E-state index contributed by atoms with van der Waals surface area (Å²) in [4.78, 5) is 14.3. The highest BCUT2D eigenvalue weighted by Gasteiger charge is 2.15. The van der Waals surface area contributed by atoms with Crippen LogP contribution in [0.5, 0.6) is 0 Å². The second kappa shape index (κ2) is 8.88. The fourth-order valence-corrected chi connectivity index (χ4v) is 4.29. The van der Waals surface area contributed by atoms with Crippen molar-refractivity contribution in [1.82, 2.24) is 5.32 Å². The summed E-state index contributed by atoms with van der Waals surface area (Å²) in [6.07, 6.45) is 5.14. The van der Waals surface area contributed by atoms with E-state index in [0.717, 1.165) is 23.9 Å². The lowest BCUT2D eigenvalue weighted by molar-refractivity contribution is -0.918. The molecule has 0 bridgehead atoms. The number of piperidine rings is 1. The number of benzene rings is 2. The molecule has 0 aromatic heterocycles. The Morgan fingerprint density at radius 1 is 1.00 bits per heavy atom. The van der Waals surface area contributed by atoms with E-state index >= 15 is 0 Å². The fraction of sp³-hybridized carbons (Fsp3) is 0.409. The van der Waals surface area contributed by atoms with E-state index < -0.39 is 9.84 Å². The SMILES string of the molecule is Cc1ccc(S(C)(=O)=O)cc1C(=O)NCc1ccc(C[NH+]2CCCCC2)cc1. The molecule has 1 amide bonds. The van der Waals surface area contributed by atoms with Crippen LogP contribution in [-0.4, -0.2) is 33.7 Å². The van der Waals surface area contributed by atoms with Crippen molar-refractivity contribution in [3.8, 4) is 0 Å². The van der Waals surface area contributed by atoms with Gasteiger partial charge in [-0.25, -0.2) is 8.42 Å². The van der Waals surface area contributed by atoms with E-state index in [2.05, 4.69) is 29.6 Å². The smallest absolute Gasteiger partial charge is 0.251 e. The topological polar surface area (TPSA) is 67.7 Å². The lowest BCUT2D eigenvalue weighted by Gasteiger charge is -2.23. The summed E-state index contributed by atoms with van der Waals surface area (Å²) in [5.74, 6) is -0.259. The average molecular weight is 402 g/mol. The monoisotopic (exact) mass is 401 g/mol. The molecule has 3 rings (SSSR count). The summed E-state index contributed by atoms with van der Waals surface area (Å²) in [5.41, 5.74) is 3.50. The summed E-state index contributed by atoms with van der Waals surface area (Å²) >= 11 is 0. The lowest BCUT2D eigenvalue weighted by atomic mass is 10.1. The molecule has 2 aromatic carbocycles. The standard InChI is InChI=1S/C22H28N2O3S/c1-17-6-11-20(28(2,26)27)14-21(17)22(25)23-15-18-7-9-19(10-8-18)16-24-12-4-3-5-13-24/h6-11,14H,3-5,12-13,15-16H2,1-2H3,(H,23,25)/p+1. The van der Waals surface area contributed by atoms with Gasteiger partial charge in [0.1, 0.15) is 6.54 Å². The molecule has 0 radical (unpaired) electrons. The number of rotatable bonds is 6. The van der Waals surface area contributed by atoms with Crippen LogP contribution in [-0.2, 0) is 22.9 Å². The predicted octanol–water partition coefficient (Wildman–Crippen LogP) is 1.90. The van der Waals surface area contributed by atoms with Gasteiger partial charge in [0.2, 0.25) is 0 Å². The largest absolute Gasteiger partial charge is 0.348 e. The van der Waals surface area contributed by atoms with Gasteiger partial charge in [-0.05, 0) is 49.4 Å². The number of carbonyl (C=O) groups is 1. The molecule has 1 saturated heterocycles. The summed E-state index contributed by atoms with van der Waals surface area (Å²) in [6, 6.07) is 13.0. The lowest BCUT2D eigenvalue weighted by Crippen LogP contribution is -3.11. The van der Waals surface area contributed by atoms with Crippen molar-refractivity contribution in [3.05, 3.63) is 64.7 Å². The first-order valence-corrected chi connectivity index (χ1v) is 11.7. The van der Waals surface area contributed by atoms with Crippen LogP contribution in [0.3, 0.4) is 0 Å². The van der Waals surface area contributed by atoms with Crippen LogP contribution in [0.4, 0.5) is 0 Å². The van der Waals surface area contributed by atoms with E-state index in [-0.39, 0.29) is 10.8 Å². The summed E-state index contributed by atoms with van der Waals surface area (Å²) in [5, 5.41) is 2.90. The zero-order valence-corrected chi connectivity index (χ0v) is 17.4. The van der Waals surface area contributed by atoms with Crippen LogP contribution in [0.2, 0.25) is 0 Å². The van der Waals surface area contributed by atoms with Crippen molar-refractivity contribution in [1.29, 1.82) is 0 Å². The third-order valence-electron chi connectivity index (χ3n) is 5.37. The minimum Gasteiger partial charge on any atom is -0.348 e. The molecule has 150 valence electrons. The highest BCUT2D eigenvalue weighted by atomic mass is 32.2. The second-order valence-corrected chi connectivity index (χ2v) is 9.75. The number of likely N-dealkylation sites (tertiary alicyclic amines) is 1. The molecule has 0 aliphatic carbocycles. The van der Waals surface area contributed by atoms with Gasteiger partial charge < -0.3 is 10.2 Å². The third kappa shape index (κ3) is 5.42. The van der Waals surface area contributed by atoms with E-state index in [0.29, 0.717) is 12.1 Å². The zero-order chi connectivity index (χ0) is 20.1. The van der Waals surface area contributed by atoms with Crippen LogP contribution >= 0.6 is 0 Å². The molecule has 0 saturated carbocycles. The van der Waals surface area contributed by atoms with Crippen LogP contribution in [0.1, 0.15) is 46.3 Å². The Morgan fingerprint density at radius 2 is 1.64 bits per heavy atom. The van der Waals surface area contributed by atoms with Gasteiger partial charge in [0.05, 0.1) is 18.0 Å². The molecule has 0 unspecified atom stereocenters. The number of sulfone groups is 1. The summed E-state index contributed by atoms with van der Waals surface area (Å²) in [7, 11) is -3.34. The molecule has 28 heavy (non-hydrogen) atoms. The molecule has 2 aromatic rings. The van der Waals surface area contributed by atoms with Gasteiger partial charge in [-0.1, -0.05) is 30.3 Å². The molecule has 1 fully saturated rings. The maximum Gasteiger partial charge on any atom is 0.251 e. The first kappa shape index (κ1) is 20.6. The summed E-state index contributed by atoms with van der Waals surface area (Å²) < 4.78 is 23.5. The van der Waals surface area contributed by atoms with E-state index in [1.165, 1.54) is 50.0 Å². The summed E-state index contributed by atoms with van der Waals surface area (Å²) in [6.45, 7) is 5.79. The van der Waals surface area contributed by atoms with Crippen molar-refractivity contribution in [2.24, 2.45) is 0 Å². The number of quaternary nitrogens is 1. The highest BCUT2D eigenvalue weighted by Crippen LogP contribution is 2.16. The maximum atomic E-state index is 12.5. The first-order chi connectivity index (χ1) is 13.3. The zero-order valence-electron chi connectivity index (χ0n) is 16.6. The average Bonchev–Trinajstić information content (AvgIpc) is 2.67. The molecule has 0 spiro atoms. The Balaban J connectivity index is 1.60. The van der Waals surface area contributed by atoms with E-state index in [9.17, 15) is 13.2 Å². The van der Waals surface area contributed by atoms with Crippen molar-refractivity contribution in [2.75, 3.05) is 19.3 Å². The Kier molecular flexibility index (Phi) is 6.52. The van der Waals surface area contributed by atoms with Gasteiger partial charge in [-0.15, -0.1) is 0 Å². The number of nitrogens with one attached hydrogen (secondary N) is 2. The number of carbonyl (C=O) groups excluding carboxylic acids is 1. The van der Waals surface area contributed by atoms with Crippen molar-refractivity contribution >= 4 is 15.7 Å². The number of aryl methyl sites for hydroxylation is 1. The number of hydrogen-bond acceptors (Lipinski definition) is 3. The molecule has 1 aliphatic heterocycles. The minimum absolute atomic E-state index is 0.160. The maximum absolute atomic E-state index is 12.5. The second-order valence-electron chi connectivity index (χ2n) is 7.74. The van der Waals surface area contributed by atoms with E-state index in [1.807, 2.05) is 0 Å². The molecule has 1 heterocycles. The van der Waals surface area contributed by atoms with Crippen molar-refractivity contribution in [3.63, 3.8) is 0 Å². The Hall–Kier alpha value is -2.18. The third-order valence-corrected chi connectivity index (χ3v) is 6.48. The molecule has 1 aliphatic rings. The van der Waals surface area contributed by atoms with E-state index in [1.54, 1.807) is 17.9 Å². The molecular formula is C22H29N2O3S+. The molecule has 5 nitrogen and oxygen atoms in total. The highest BCUT2D eigenvalue weighted by molar-refractivity contribution is 7.90. The number of hydrogen-bond donors (Lipinski definition) is 2. The van der Waals surface area contributed by atoms with Crippen LogP contribution in [0.15, 0.2) is 47.4 Å². The quantitative estimate of drug-likeness (QED) is 0.777. The van der Waals surface area contributed by atoms with Crippen molar-refractivity contribution < 1.29 is 18.1 Å². The normalized spacial score (nSPS) is 15.4. The molecule has 0 atom stereocenters. The van der Waals surface area contributed by atoms with Crippen LogP contribution in [0.25, 0.3) is 0 Å². The van der Waals surface area contributed by atoms with Gasteiger partial charge in [-0.3, -0.25) is 4.79 Å².